The highest BCUT2D eigenvalue weighted by Crippen LogP contribution is 2.29. The predicted molar refractivity (Wildman–Crippen MR) is 62.0 cm³/mol. The summed E-state index contributed by atoms with van der Waals surface area (Å²) in [6, 6.07) is 5.28. The SMILES string of the molecule is OC1CCN(Cc2ccc(C(F)(F)F)cc2)CC1. The lowest BCUT2D eigenvalue weighted by Gasteiger charge is -2.29. The fourth-order valence-corrected chi connectivity index (χ4v) is 2.13. The predicted octanol–water partition coefficient (Wildman–Crippen LogP) is 2.66. The second kappa shape index (κ2) is 5.28. The quantitative estimate of drug-likeness (QED) is 0.882. The molecule has 2 nitrogen and oxygen atoms in total. The van der Waals surface area contributed by atoms with Crippen molar-refractivity contribution in [2.45, 2.75) is 31.7 Å². The molecule has 18 heavy (non-hydrogen) atoms. The van der Waals surface area contributed by atoms with Crippen molar-refractivity contribution in [3.8, 4) is 0 Å². The number of likely N-dealkylation sites (tertiary alicyclic amines) is 1. The van der Waals surface area contributed by atoms with E-state index in [-0.39, 0.29) is 6.10 Å². The van der Waals surface area contributed by atoms with Gasteiger partial charge in [0.05, 0.1) is 11.7 Å². The van der Waals surface area contributed by atoms with E-state index in [9.17, 15) is 18.3 Å². The Morgan fingerprint density at radius 1 is 1.11 bits per heavy atom. The highest BCUT2D eigenvalue weighted by atomic mass is 19.4. The number of piperidine rings is 1. The molecular weight excluding hydrogens is 243 g/mol. The van der Waals surface area contributed by atoms with Gasteiger partial charge in [0.15, 0.2) is 0 Å². The third-order valence-corrected chi connectivity index (χ3v) is 3.24. The van der Waals surface area contributed by atoms with Crippen LogP contribution < -0.4 is 0 Å². The van der Waals surface area contributed by atoms with E-state index in [1.54, 1.807) is 0 Å². The van der Waals surface area contributed by atoms with Gasteiger partial charge < -0.3 is 5.11 Å². The van der Waals surface area contributed by atoms with Gasteiger partial charge in [-0.1, -0.05) is 12.1 Å². The Balaban J connectivity index is 1.94. The molecule has 1 N–H and O–H groups in total. The number of nitrogens with zero attached hydrogens (tertiary/aromatic N) is 1. The maximum Gasteiger partial charge on any atom is 0.416 e. The summed E-state index contributed by atoms with van der Waals surface area (Å²) >= 11 is 0. The van der Waals surface area contributed by atoms with Crippen LogP contribution in [0.3, 0.4) is 0 Å². The Morgan fingerprint density at radius 2 is 1.67 bits per heavy atom. The fraction of sp³-hybridized carbons (Fsp3) is 0.538. The monoisotopic (exact) mass is 259 g/mol. The molecule has 0 spiro atoms. The number of aliphatic hydroxyl groups is 1. The molecule has 1 aromatic carbocycles. The Morgan fingerprint density at radius 3 is 2.17 bits per heavy atom. The molecular formula is C13H16F3NO. The smallest absolute Gasteiger partial charge is 0.393 e. The number of aliphatic hydroxyl groups excluding tert-OH is 1. The van der Waals surface area contributed by atoms with Crippen LogP contribution in [0.25, 0.3) is 0 Å². The van der Waals surface area contributed by atoms with Crippen molar-refractivity contribution in [1.82, 2.24) is 4.90 Å². The van der Waals surface area contributed by atoms with Crippen LogP contribution in [0.2, 0.25) is 0 Å². The van der Waals surface area contributed by atoms with Crippen molar-refractivity contribution < 1.29 is 18.3 Å². The fourth-order valence-electron chi connectivity index (χ4n) is 2.13. The van der Waals surface area contributed by atoms with Gasteiger partial charge in [-0.25, -0.2) is 0 Å². The molecule has 0 bridgehead atoms. The summed E-state index contributed by atoms with van der Waals surface area (Å²) < 4.78 is 37.1. The highest BCUT2D eigenvalue weighted by Gasteiger charge is 2.30. The average molecular weight is 259 g/mol. The van der Waals surface area contributed by atoms with Crippen molar-refractivity contribution in [3.63, 3.8) is 0 Å². The Labute approximate surface area is 104 Å². The molecule has 0 aliphatic carbocycles. The van der Waals surface area contributed by atoms with Crippen LogP contribution in [0, 0.1) is 0 Å². The average Bonchev–Trinajstić information content (AvgIpc) is 2.32. The number of alkyl halides is 3. The molecule has 0 unspecified atom stereocenters. The summed E-state index contributed by atoms with van der Waals surface area (Å²) in [6.07, 6.45) is -3.02. The minimum absolute atomic E-state index is 0.228. The van der Waals surface area contributed by atoms with Crippen molar-refractivity contribution in [1.29, 1.82) is 0 Å². The first-order chi connectivity index (χ1) is 8.45. The van der Waals surface area contributed by atoms with Crippen molar-refractivity contribution in [2.75, 3.05) is 13.1 Å². The Kier molecular flexibility index (Phi) is 3.92. The van der Waals surface area contributed by atoms with E-state index in [1.165, 1.54) is 12.1 Å². The number of rotatable bonds is 2. The van der Waals surface area contributed by atoms with E-state index in [2.05, 4.69) is 4.90 Å². The van der Waals surface area contributed by atoms with E-state index >= 15 is 0 Å². The number of benzene rings is 1. The van der Waals surface area contributed by atoms with Crippen molar-refractivity contribution >= 4 is 0 Å². The van der Waals surface area contributed by atoms with Crippen LogP contribution in [-0.2, 0) is 12.7 Å². The van der Waals surface area contributed by atoms with Crippen LogP contribution in [0.5, 0.6) is 0 Å². The van der Waals surface area contributed by atoms with Crippen LogP contribution >= 0.6 is 0 Å². The lowest BCUT2D eigenvalue weighted by atomic mass is 10.1. The summed E-state index contributed by atoms with van der Waals surface area (Å²) in [7, 11) is 0. The lowest BCUT2D eigenvalue weighted by Crippen LogP contribution is -2.35. The second-order valence-electron chi connectivity index (χ2n) is 4.70. The van der Waals surface area contributed by atoms with E-state index < -0.39 is 11.7 Å². The molecule has 2 rings (SSSR count). The van der Waals surface area contributed by atoms with Gasteiger partial charge in [0.1, 0.15) is 0 Å². The Hall–Kier alpha value is -1.07. The number of hydrogen-bond donors (Lipinski definition) is 1. The third-order valence-electron chi connectivity index (χ3n) is 3.24. The van der Waals surface area contributed by atoms with Crippen LogP contribution in [-0.4, -0.2) is 29.2 Å². The molecule has 0 saturated carbocycles. The minimum atomic E-state index is -4.27. The normalized spacial score (nSPS) is 19.1. The van der Waals surface area contributed by atoms with Gasteiger partial charge in [-0.2, -0.15) is 13.2 Å². The topological polar surface area (TPSA) is 23.5 Å². The Bertz CT molecular complexity index is 380. The van der Waals surface area contributed by atoms with Gasteiger partial charge in [0.2, 0.25) is 0 Å². The molecule has 1 saturated heterocycles. The van der Waals surface area contributed by atoms with Crippen LogP contribution in [0.4, 0.5) is 13.2 Å². The first-order valence-corrected chi connectivity index (χ1v) is 6.02. The summed E-state index contributed by atoms with van der Waals surface area (Å²) in [5, 5.41) is 9.37. The first kappa shape index (κ1) is 13.4. The summed E-state index contributed by atoms with van der Waals surface area (Å²) in [5.74, 6) is 0. The van der Waals surface area contributed by atoms with Crippen molar-refractivity contribution in [2.24, 2.45) is 0 Å². The largest absolute Gasteiger partial charge is 0.416 e. The van der Waals surface area contributed by atoms with Gasteiger partial charge in [-0.05, 0) is 30.5 Å². The maximum absolute atomic E-state index is 12.4. The number of hydrogen-bond acceptors (Lipinski definition) is 2. The van der Waals surface area contributed by atoms with Gasteiger partial charge in [-0.15, -0.1) is 0 Å². The summed E-state index contributed by atoms with van der Waals surface area (Å²) in [4.78, 5) is 2.15. The third kappa shape index (κ3) is 3.46. The van der Waals surface area contributed by atoms with E-state index in [0.717, 1.165) is 43.6 Å². The molecule has 1 heterocycles. The van der Waals surface area contributed by atoms with Gasteiger partial charge in [-0.3, -0.25) is 4.90 Å². The molecule has 0 amide bonds. The van der Waals surface area contributed by atoms with E-state index in [4.69, 9.17) is 0 Å². The minimum Gasteiger partial charge on any atom is -0.393 e. The van der Waals surface area contributed by atoms with E-state index in [1.807, 2.05) is 0 Å². The van der Waals surface area contributed by atoms with Crippen LogP contribution in [0.1, 0.15) is 24.0 Å². The summed E-state index contributed by atoms with van der Waals surface area (Å²) in [6.45, 7) is 2.23. The molecule has 1 aliphatic heterocycles. The molecule has 0 aromatic heterocycles. The molecule has 0 radical (unpaired) electrons. The van der Waals surface area contributed by atoms with Gasteiger partial charge in [0, 0.05) is 19.6 Å². The van der Waals surface area contributed by atoms with Crippen molar-refractivity contribution in [3.05, 3.63) is 35.4 Å². The summed E-state index contributed by atoms with van der Waals surface area (Å²) in [5.41, 5.74) is 0.264. The second-order valence-corrected chi connectivity index (χ2v) is 4.70. The molecule has 1 aliphatic rings. The molecule has 1 aromatic rings. The lowest BCUT2D eigenvalue weighted by molar-refractivity contribution is -0.137. The molecule has 1 fully saturated rings. The highest BCUT2D eigenvalue weighted by molar-refractivity contribution is 5.24. The zero-order chi connectivity index (χ0) is 13.2. The van der Waals surface area contributed by atoms with Crippen LogP contribution in [0.15, 0.2) is 24.3 Å². The standard InChI is InChI=1S/C13H16F3NO/c14-13(15,16)11-3-1-10(2-4-11)9-17-7-5-12(18)6-8-17/h1-4,12,18H,5-9H2. The first-order valence-electron chi connectivity index (χ1n) is 6.02. The molecule has 5 heteroatoms. The molecule has 0 atom stereocenters. The zero-order valence-electron chi connectivity index (χ0n) is 9.95. The van der Waals surface area contributed by atoms with E-state index in [0.29, 0.717) is 6.54 Å². The van der Waals surface area contributed by atoms with Gasteiger partial charge >= 0.3 is 6.18 Å². The zero-order valence-corrected chi connectivity index (χ0v) is 9.95. The number of halogens is 3. The van der Waals surface area contributed by atoms with Gasteiger partial charge in [0.25, 0.3) is 0 Å². The maximum atomic E-state index is 12.4. The molecule has 100 valence electrons.